The van der Waals surface area contributed by atoms with E-state index in [2.05, 4.69) is 0 Å². The Kier molecular flexibility index (Phi) is 5.64. The second kappa shape index (κ2) is 7.86. The molecule has 1 aromatic heterocycles. The smallest absolute Gasteiger partial charge is 0.339 e. The van der Waals surface area contributed by atoms with E-state index >= 15 is 0 Å². The van der Waals surface area contributed by atoms with Crippen molar-refractivity contribution in [1.29, 1.82) is 0 Å². The van der Waals surface area contributed by atoms with Gasteiger partial charge in [-0.1, -0.05) is 25.2 Å². The number of aliphatic hydroxyl groups excluding tert-OH is 1. The number of ether oxygens (including phenoxy) is 4. The molecule has 8 nitrogen and oxygen atoms in total. The van der Waals surface area contributed by atoms with Crippen LogP contribution in [-0.2, 0) is 14.2 Å². The zero-order valence-corrected chi connectivity index (χ0v) is 18.4. The van der Waals surface area contributed by atoms with Crippen LogP contribution in [0.25, 0.3) is 6.08 Å². The van der Waals surface area contributed by atoms with Gasteiger partial charge in [-0.25, -0.2) is 4.79 Å². The lowest BCUT2D eigenvalue weighted by Crippen LogP contribution is -2.55. The summed E-state index contributed by atoms with van der Waals surface area (Å²) in [5.41, 5.74) is -1.89. The Bertz CT molecular complexity index is 947. The lowest BCUT2D eigenvalue weighted by molar-refractivity contribution is -0.157. The molecule has 4 rings (SSSR count). The topological polar surface area (TPSA) is 111 Å². The second-order valence-electron chi connectivity index (χ2n) is 8.77. The summed E-state index contributed by atoms with van der Waals surface area (Å²) in [7, 11) is 1.50. The van der Waals surface area contributed by atoms with E-state index in [1.54, 1.807) is 32.1 Å². The average molecular weight is 434 g/mol. The Hall–Kier alpha value is -1.97. The van der Waals surface area contributed by atoms with E-state index in [4.69, 9.17) is 23.4 Å². The van der Waals surface area contributed by atoms with E-state index in [1.807, 2.05) is 19.9 Å². The highest BCUT2D eigenvalue weighted by atomic mass is 16.7. The van der Waals surface area contributed by atoms with Crippen molar-refractivity contribution >= 4 is 6.08 Å². The number of fused-ring (bicyclic) bond motifs is 1. The van der Waals surface area contributed by atoms with Crippen LogP contribution in [0, 0.1) is 12.3 Å². The summed E-state index contributed by atoms with van der Waals surface area (Å²) >= 11 is 0. The third kappa shape index (κ3) is 3.47. The van der Waals surface area contributed by atoms with E-state index in [0.29, 0.717) is 17.9 Å². The number of hydrogen-bond donors (Lipinski definition) is 2. The molecule has 0 saturated carbocycles. The highest BCUT2D eigenvalue weighted by Crippen LogP contribution is 2.57. The normalized spacial score (nSPS) is 41.9. The average Bonchev–Trinajstić information content (AvgIpc) is 3.40. The fourth-order valence-electron chi connectivity index (χ4n) is 4.72. The second-order valence-corrected chi connectivity index (χ2v) is 8.77. The molecule has 0 spiro atoms. The van der Waals surface area contributed by atoms with Crippen LogP contribution >= 0.6 is 0 Å². The summed E-state index contributed by atoms with van der Waals surface area (Å²) in [4.78, 5) is 11.6. The number of rotatable bonds is 6. The molecule has 31 heavy (non-hydrogen) atoms. The van der Waals surface area contributed by atoms with Crippen molar-refractivity contribution in [3.8, 4) is 5.75 Å². The summed E-state index contributed by atoms with van der Waals surface area (Å²) in [6, 6.07) is 1.30. The molecule has 0 amide bonds. The Balaban J connectivity index is 1.40. The molecular weight excluding hydrogens is 404 g/mol. The molecule has 1 aromatic rings. The summed E-state index contributed by atoms with van der Waals surface area (Å²) in [6.07, 6.45) is 4.55. The highest BCUT2D eigenvalue weighted by Gasteiger charge is 2.72. The van der Waals surface area contributed by atoms with Crippen LogP contribution < -0.4 is 10.4 Å². The molecule has 170 valence electrons. The molecule has 8 atom stereocenters. The number of methoxy groups -OCH3 is 1. The van der Waals surface area contributed by atoms with E-state index in [-0.39, 0.29) is 18.3 Å². The minimum absolute atomic E-state index is 0.225. The maximum absolute atomic E-state index is 11.6. The SMILES string of the molecule is CCC1OC2OC(C3OC3C=CC=Cc3oc(=O)cc(OC)c3C)C(O)C2(C)C1(C)O. The maximum Gasteiger partial charge on any atom is 0.339 e. The van der Waals surface area contributed by atoms with Crippen LogP contribution in [0.15, 0.2) is 33.5 Å². The minimum atomic E-state index is -1.21. The van der Waals surface area contributed by atoms with E-state index in [0.717, 1.165) is 5.56 Å². The third-order valence-electron chi connectivity index (χ3n) is 7.04. The molecule has 0 aromatic carbocycles. The van der Waals surface area contributed by atoms with Crippen LogP contribution in [0.5, 0.6) is 5.75 Å². The number of epoxide rings is 1. The monoisotopic (exact) mass is 434 g/mol. The lowest BCUT2D eigenvalue weighted by atomic mass is 9.68. The van der Waals surface area contributed by atoms with Gasteiger partial charge in [0.2, 0.25) is 0 Å². The zero-order chi connectivity index (χ0) is 22.6. The molecule has 2 N–H and O–H groups in total. The molecule has 8 heteroatoms. The Morgan fingerprint density at radius 1 is 1.19 bits per heavy atom. The lowest BCUT2D eigenvalue weighted by Gasteiger charge is -2.38. The van der Waals surface area contributed by atoms with Crippen molar-refractivity contribution in [2.24, 2.45) is 5.41 Å². The molecule has 8 unspecified atom stereocenters. The van der Waals surface area contributed by atoms with Crippen molar-refractivity contribution in [2.75, 3.05) is 7.11 Å². The fourth-order valence-corrected chi connectivity index (χ4v) is 4.72. The maximum atomic E-state index is 11.6. The van der Waals surface area contributed by atoms with Crippen molar-refractivity contribution in [3.63, 3.8) is 0 Å². The number of aliphatic hydroxyl groups is 2. The van der Waals surface area contributed by atoms with Crippen LogP contribution in [0.1, 0.15) is 38.5 Å². The van der Waals surface area contributed by atoms with E-state index in [9.17, 15) is 15.0 Å². The molecule has 3 saturated heterocycles. The first-order chi connectivity index (χ1) is 14.6. The predicted octanol–water partition coefficient (Wildman–Crippen LogP) is 1.95. The minimum Gasteiger partial charge on any atom is -0.496 e. The van der Waals surface area contributed by atoms with Crippen molar-refractivity contribution < 1.29 is 33.6 Å². The molecule has 4 heterocycles. The molecular formula is C23H30O8. The van der Waals surface area contributed by atoms with Gasteiger partial charge in [-0.3, -0.25) is 0 Å². The van der Waals surface area contributed by atoms with Crippen LogP contribution in [-0.4, -0.2) is 59.7 Å². The van der Waals surface area contributed by atoms with Crippen molar-refractivity contribution in [1.82, 2.24) is 0 Å². The zero-order valence-electron chi connectivity index (χ0n) is 18.4. The van der Waals surface area contributed by atoms with Crippen LogP contribution in [0.4, 0.5) is 0 Å². The first-order valence-corrected chi connectivity index (χ1v) is 10.6. The van der Waals surface area contributed by atoms with Crippen molar-refractivity contribution in [3.05, 3.63) is 46.0 Å². The summed E-state index contributed by atoms with van der Waals surface area (Å²) < 4.78 is 27.9. The van der Waals surface area contributed by atoms with E-state index in [1.165, 1.54) is 13.2 Å². The van der Waals surface area contributed by atoms with Gasteiger partial charge < -0.3 is 33.6 Å². The number of hydrogen-bond acceptors (Lipinski definition) is 8. The van der Waals surface area contributed by atoms with E-state index < -0.39 is 35.1 Å². The first kappa shape index (κ1) is 22.2. The first-order valence-electron chi connectivity index (χ1n) is 10.6. The fraction of sp³-hybridized carbons (Fsp3) is 0.609. The molecule has 3 aliphatic heterocycles. The largest absolute Gasteiger partial charge is 0.496 e. The van der Waals surface area contributed by atoms with Gasteiger partial charge in [0.05, 0.1) is 30.8 Å². The standard InChI is InChI=1S/C23H30O8/c1-6-16-23(4,26)22(3)20(25)19(31-21(22)30-16)18-14(29-18)10-8-7-9-13-12(2)15(27-5)11-17(24)28-13/h7-11,14,16,18-21,25-26H,6H2,1-5H3. The van der Waals surface area contributed by atoms with Crippen LogP contribution in [0.3, 0.4) is 0 Å². The molecule has 3 aliphatic rings. The number of allylic oxidation sites excluding steroid dienone is 2. The third-order valence-corrected chi connectivity index (χ3v) is 7.04. The van der Waals surface area contributed by atoms with Crippen LogP contribution in [0.2, 0.25) is 0 Å². The summed E-state index contributed by atoms with van der Waals surface area (Å²) in [6.45, 7) is 7.24. The van der Waals surface area contributed by atoms with Gasteiger partial charge in [0, 0.05) is 5.56 Å². The highest BCUT2D eigenvalue weighted by molar-refractivity contribution is 5.52. The van der Waals surface area contributed by atoms with Gasteiger partial charge in [-0.15, -0.1) is 0 Å². The summed E-state index contributed by atoms with van der Waals surface area (Å²) in [5.74, 6) is 0.891. The molecule has 3 fully saturated rings. The molecule has 0 radical (unpaired) electrons. The van der Waals surface area contributed by atoms with Gasteiger partial charge in [0.15, 0.2) is 6.29 Å². The molecule has 0 aliphatic carbocycles. The van der Waals surface area contributed by atoms with Crippen molar-refractivity contribution in [2.45, 2.75) is 76.5 Å². The summed E-state index contributed by atoms with van der Waals surface area (Å²) in [5, 5.41) is 22.0. The predicted molar refractivity (Wildman–Crippen MR) is 112 cm³/mol. The van der Waals surface area contributed by atoms with Gasteiger partial charge in [0.25, 0.3) is 0 Å². The Morgan fingerprint density at radius 2 is 1.94 bits per heavy atom. The van der Waals surface area contributed by atoms with Gasteiger partial charge in [0.1, 0.15) is 35.4 Å². The quantitative estimate of drug-likeness (QED) is 0.516. The molecule has 0 bridgehead atoms. The van der Waals surface area contributed by atoms with Gasteiger partial charge in [-0.2, -0.15) is 0 Å². The Morgan fingerprint density at radius 3 is 2.58 bits per heavy atom. The Labute approximate surface area is 181 Å². The van der Waals surface area contributed by atoms with Gasteiger partial charge in [-0.05, 0) is 33.3 Å². The van der Waals surface area contributed by atoms with Gasteiger partial charge >= 0.3 is 5.63 Å².